The molecule has 2 aromatic rings. The lowest BCUT2D eigenvalue weighted by molar-refractivity contribution is -0.137. The molecule has 0 bridgehead atoms. The second-order valence-electron chi connectivity index (χ2n) is 6.54. The summed E-state index contributed by atoms with van der Waals surface area (Å²) in [5, 5.41) is 0. The predicted molar refractivity (Wildman–Crippen MR) is 96.5 cm³/mol. The zero-order chi connectivity index (χ0) is 17.6. The van der Waals surface area contributed by atoms with Crippen molar-refractivity contribution in [1.29, 1.82) is 0 Å². The number of furan rings is 1. The third kappa shape index (κ3) is 4.86. The van der Waals surface area contributed by atoms with Gasteiger partial charge in [0.15, 0.2) is 6.10 Å². The summed E-state index contributed by atoms with van der Waals surface area (Å²) in [6.45, 7) is 7.90. The summed E-state index contributed by atoms with van der Waals surface area (Å²) in [5.74, 6) is 2.71. The highest BCUT2D eigenvalue weighted by atomic mass is 16.5. The average molecular weight is 342 g/mol. The maximum Gasteiger partial charge on any atom is 0.263 e. The minimum absolute atomic E-state index is 0.0551. The summed E-state index contributed by atoms with van der Waals surface area (Å²) in [7, 11) is 0. The Labute approximate surface area is 149 Å². The van der Waals surface area contributed by atoms with E-state index in [4.69, 9.17) is 9.15 Å². The number of rotatable bonds is 5. The predicted octanol–water partition coefficient (Wildman–Crippen LogP) is 3.09. The fraction of sp³-hybridized carbons (Fsp3) is 0.450. The number of hydrogen-bond donors (Lipinski definition) is 0. The molecule has 0 spiro atoms. The van der Waals surface area contributed by atoms with Gasteiger partial charge in [0.1, 0.15) is 17.3 Å². The molecule has 1 atom stereocenters. The first-order valence-electron chi connectivity index (χ1n) is 8.90. The first kappa shape index (κ1) is 17.5. The third-order valence-corrected chi connectivity index (χ3v) is 4.48. The van der Waals surface area contributed by atoms with Crippen molar-refractivity contribution in [3.8, 4) is 5.75 Å². The number of hydrogen-bond acceptors (Lipinski definition) is 4. The van der Waals surface area contributed by atoms with Crippen molar-refractivity contribution in [2.45, 2.75) is 32.9 Å². The van der Waals surface area contributed by atoms with E-state index >= 15 is 0 Å². The van der Waals surface area contributed by atoms with Gasteiger partial charge in [-0.3, -0.25) is 9.69 Å². The SMILES string of the molecule is Cc1ccc(CN2CCCN(C(=O)C(C)Oc3ccccc3)CC2)o1. The number of nitrogens with zero attached hydrogens (tertiary/aromatic N) is 2. The van der Waals surface area contributed by atoms with E-state index in [-0.39, 0.29) is 5.91 Å². The normalized spacial score (nSPS) is 17.1. The number of aryl methyl sites for hydroxylation is 1. The van der Waals surface area contributed by atoms with Gasteiger partial charge in [-0.25, -0.2) is 0 Å². The van der Waals surface area contributed by atoms with Gasteiger partial charge in [0.25, 0.3) is 5.91 Å². The van der Waals surface area contributed by atoms with Crippen molar-refractivity contribution in [2.75, 3.05) is 26.2 Å². The first-order valence-corrected chi connectivity index (χ1v) is 8.90. The van der Waals surface area contributed by atoms with Crippen molar-refractivity contribution in [2.24, 2.45) is 0 Å². The molecule has 1 aliphatic heterocycles. The van der Waals surface area contributed by atoms with Gasteiger partial charge in [-0.15, -0.1) is 0 Å². The highest BCUT2D eigenvalue weighted by Crippen LogP contribution is 2.15. The summed E-state index contributed by atoms with van der Waals surface area (Å²) in [4.78, 5) is 16.9. The van der Waals surface area contributed by atoms with E-state index in [1.807, 2.05) is 61.2 Å². The lowest BCUT2D eigenvalue weighted by Gasteiger charge is -2.25. The monoisotopic (exact) mass is 342 g/mol. The molecule has 5 heteroatoms. The molecule has 5 nitrogen and oxygen atoms in total. The largest absolute Gasteiger partial charge is 0.481 e. The number of amides is 1. The molecular weight excluding hydrogens is 316 g/mol. The Bertz CT molecular complexity index is 683. The number of benzene rings is 1. The molecule has 1 unspecified atom stereocenters. The minimum Gasteiger partial charge on any atom is -0.481 e. The molecule has 0 saturated carbocycles. The van der Waals surface area contributed by atoms with E-state index in [1.54, 1.807) is 0 Å². The second-order valence-corrected chi connectivity index (χ2v) is 6.54. The van der Waals surface area contributed by atoms with Crippen LogP contribution in [0.2, 0.25) is 0 Å². The molecule has 1 fully saturated rings. The summed E-state index contributed by atoms with van der Waals surface area (Å²) in [5.41, 5.74) is 0. The Morgan fingerprint density at radius 3 is 2.64 bits per heavy atom. The molecule has 2 heterocycles. The summed E-state index contributed by atoms with van der Waals surface area (Å²) in [6, 6.07) is 13.5. The molecule has 1 amide bonds. The molecular formula is C20H26N2O3. The van der Waals surface area contributed by atoms with Crippen LogP contribution in [0.3, 0.4) is 0 Å². The number of carbonyl (C=O) groups excluding carboxylic acids is 1. The van der Waals surface area contributed by atoms with E-state index in [0.717, 1.165) is 56.4 Å². The van der Waals surface area contributed by atoms with Crippen LogP contribution in [0.1, 0.15) is 24.9 Å². The molecule has 0 radical (unpaired) electrons. The molecule has 1 aromatic carbocycles. The maximum absolute atomic E-state index is 12.7. The van der Waals surface area contributed by atoms with Gasteiger partial charge >= 0.3 is 0 Å². The molecule has 3 rings (SSSR count). The maximum atomic E-state index is 12.7. The van der Waals surface area contributed by atoms with Crippen molar-refractivity contribution in [3.63, 3.8) is 0 Å². The third-order valence-electron chi connectivity index (χ3n) is 4.48. The quantitative estimate of drug-likeness (QED) is 0.838. The Morgan fingerprint density at radius 2 is 1.92 bits per heavy atom. The topological polar surface area (TPSA) is 45.9 Å². The minimum atomic E-state index is -0.471. The van der Waals surface area contributed by atoms with Crippen LogP contribution in [0.15, 0.2) is 46.9 Å². The summed E-state index contributed by atoms with van der Waals surface area (Å²) >= 11 is 0. The second kappa shape index (κ2) is 8.21. The summed E-state index contributed by atoms with van der Waals surface area (Å²) < 4.78 is 11.4. The van der Waals surface area contributed by atoms with Crippen LogP contribution in [0.4, 0.5) is 0 Å². The van der Waals surface area contributed by atoms with E-state index in [9.17, 15) is 4.79 Å². The first-order chi connectivity index (χ1) is 12.1. The average Bonchev–Trinajstić information content (AvgIpc) is 2.88. The molecule has 1 aromatic heterocycles. The van der Waals surface area contributed by atoms with Crippen molar-refractivity contribution >= 4 is 5.91 Å². The Morgan fingerprint density at radius 1 is 1.12 bits per heavy atom. The Balaban J connectivity index is 1.52. The van der Waals surface area contributed by atoms with Gasteiger partial charge in [0.2, 0.25) is 0 Å². The Kier molecular flexibility index (Phi) is 5.76. The molecule has 1 saturated heterocycles. The van der Waals surface area contributed by atoms with E-state index in [2.05, 4.69) is 4.90 Å². The zero-order valence-corrected chi connectivity index (χ0v) is 15.0. The molecule has 0 N–H and O–H groups in total. The van der Waals surface area contributed by atoms with Crippen molar-refractivity contribution in [1.82, 2.24) is 9.80 Å². The lowest BCUT2D eigenvalue weighted by Crippen LogP contribution is -2.42. The number of para-hydroxylation sites is 1. The van der Waals surface area contributed by atoms with Crippen molar-refractivity contribution in [3.05, 3.63) is 54.0 Å². The van der Waals surface area contributed by atoms with Crippen LogP contribution in [-0.4, -0.2) is 48.0 Å². The van der Waals surface area contributed by atoms with Crippen molar-refractivity contribution < 1.29 is 13.9 Å². The molecule has 134 valence electrons. The fourth-order valence-corrected chi connectivity index (χ4v) is 3.15. The van der Waals surface area contributed by atoms with Crippen LogP contribution in [0.25, 0.3) is 0 Å². The van der Waals surface area contributed by atoms with Gasteiger partial charge < -0.3 is 14.1 Å². The van der Waals surface area contributed by atoms with E-state index in [0.29, 0.717) is 0 Å². The molecule has 0 aliphatic carbocycles. The van der Waals surface area contributed by atoms with Gasteiger partial charge in [-0.1, -0.05) is 18.2 Å². The summed E-state index contributed by atoms with van der Waals surface area (Å²) in [6.07, 6.45) is 0.491. The number of carbonyl (C=O) groups is 1. The van der Waals surface area contributed by atoms with Crippen LogP contribution < -0.4 is 4.74 Å². The number of ether oxygens (including phenoxy) is 1. The van der Waals surface area contributed by atoms with Crippen LogP contribution >= 0.6 is 0 Å². The highest BCUT2D eigenvalue weighted by Gasteiger charge is 2.24. The van der Waals surface area contributed by atoms with Gasteiger partial charge in [-0.05, 0) is 44.5 Å². The molecule has 1 aliphatic rings. The van der Waals surface area contributed by atoms with Crippen LogP contribution in [0.5, 0.6) is 5.75 Å². The van der Waals surface area contributed by atoms with Crippen LogP contribution in [0, 0.1) is 6.92 Å². The standard InChI is InChI=1S/C20H26N2O3/c1-16-9-10-19(24-16)15-21-11-6-12-22(14-13-21)20(23)17(2)25-18-7-4-3-5-8-18/h3-5,7-10,17H,6,11-15H2,1-2H3. The van der Waals surface area contributed by atoms with Gasteiger partial charge in [0, 0.05) is 26.2 Å². The Hall–Kier alpha value is -2.27. The van der Waals surface area contributed by atoms with E-state index in [1.165, 1.54) is 0 Å². The highest BCUT2D eigenvalue weighted by molar-refractivity contribution is 5.81. The molecule has 25 heavy (non-hydrogen) atoms. The smallest absolute Gasteiger partial charge is 0.263 e. The van der Waals surface area contributed by atoms with Gasteiger partial charge in [0.05, 0.1) is 6.54 Å². The zero-order valence-electron chi connectivity index (χ0n) is 15.0. The van der Waals surface area contributed by atoms with Crippen LogP contribution in [-0.2, 0) is 11.3 Å². The lowest BCUT2D eigenvalue weighted by atomic mass is 10.3. The van der Waals surface area contributed by atoms with E-state index < -0.39 is 6.10 Å². The van der Waals surface area contributed by atoms with Gasteiger partial charge in [-0.2, -0.15) is 0 Å². The fourth-order valence-electron chi connectivity index (χ4n) is 3.15.